The molecule has 52 heavy (non-hydrogen) atoms. The van der Waals surface area contributed by atoms with Crippen molar-refractivity contribution >= 4 is 60.0 Å². The zero-order valence-electron chi connectivity index (χ0n) is 29.3. The molecule has 0 bridgehead atoms. The zero-order chi connectivity index (χ0) is 36.0. The van der Waals surface area contributed by atoms with Crippen LogP contribution < -0.4 is 4.74 Å². The molecule has 0 aromatic heterocycles. The van der Waals surface area contributed by atoms with E-state index in [-0.39, 0.29) is 32.8 Å². The van der Waals surface area contributed by atoms with Gasteiger partial charge in [-0.05, 0) is 124 Å². The first-order valence-electron chi connectivity index (χ1n) is 17.4. The number of hydrogen-bond donors (Lipinski definition) is 2. The van der Waals surface area contributed by atoms with Crippen LogP contribution in [0.2, 0.25) is 0 Å². The molecule has 0 aliphatic heterocycles. The minimum Gasteiger partial charge on any atom is -0.507 e. The summed E-state index contributed by atoms with van der Waals surface area (Å²) in [5.74, 6) is -0.725. The first-order chi connectivity index (χ1) is 24.9. The van der Waals surface area contributed by atoms with E-state index in [0.29, 0.717) is 5.56 Å². The Hall–Kier alpha value is -5.56. The van der Waals surface area contributed by atoms with Gasteiger partial charge >= 0.3 is 0 Å². The van der Waals surface area contributed by atoms with E-state index in [1.807, 2.05) is 12.1 Å². The van der Waals surface area contributed by atoms with Gasteiger partial charge in [0.25, 0.3) is 0 Å². The number of ether oxygens (including phenoxy) is 1. The number of rotatable bonds is 4. The van der Waals surface area contributed by atoms with Crippen LogP contribution in [0.5, 0.6) is 11.5 Å². The number of methoxy groups -OCH3 is 1. The molecule has 0 saturated carbocycles. The molecule has 1 atom stereocenters. The minimum atomic E-state index is -2.41. The Bertz CT molecular complexity index is 2930. The van der Waals surface area contributed by atoms with Crippen molar-refractivity contribution in [1.29, 1.82) is 0 Å². The van der Waals surface area contributed by atoms with Crippen molar-refractivity contribution in [2.45, 2.75) is 43.4 Å². The third-order valence-corrected chi connectivity index (χ3v) is 12.7. The fraction of sp³-hybridized carbons (Fsp3) is 0.152. The number of benzene rings is 8. The molecule has 8 aromatic carbocycles. The number of hydrogen-bond acceptors (Lipinski definition) is 4. The Morgan fingerprint density at radius 3 is 1.90 bits per heavy atom. The predicted octanol–water partition coefficient (Wildman–Crippen LogP) is 10.9. The van der Waals surface area contributed by atoms with E-state index in [9.17, 15) is 18.7 Å². The quantitative estimate of drug-likeness (QED) is 0.109. The highest BCUT2D eigenvalue weighted by Gasteiger charge is 2.43. The maximum absolute atomic E-state index is 13.9. The number of carbonyl (C=O) groups is 1. The Morgan fingerprint density at radius 2 is 1.23 bits per heavy atom. The molecule has 6 heteroatoms. The van der Waals surface area contributed by atoms with E-state index in [2.05, 4.69) is 107 Å². The lowest BCUT2D eigenvalue weighted by Gasteiger charge is -2.24. The highest BCUT2D eigenvalue weighted by atomic mass is 32.2. The second kappa shape index (κ2) is 10.3. The van der Waals surface area contributed by atoms with E-state index in [4.69, 9.17) is 4.74 Å². The molecular weight excluding hydrogens is 665 g/mol. The molecule has 2 aliphatic carbocycles. The summed E-state index contributed by atoms with van der Waals surface area (Å²) in [4.78, 5) is 13.8. The van der Waals surface area contributed by atoms with E-state index in [1.165, 1.54) is 79.9 Å². The summed E-state index contributed by atoms with van der Waals surface area (Å²) in [6.07, 6.45) is 0. The van der Waals surface area contributed by atoms with Crippen molar-refractivity contribution in [3.05, 3.63) is 137 Å². The molecule has 2 aliphatic rings. The monoisotopic (exact) mass is 698 g/mol. The molecule has 1 unspecified atom stereocenters. The van der Waals surface area contributed by atoms with E-state index in [1.54, 1.807) is 0 Å². The smallest absolute Gasteiger partial charge is 0.196 e. The fourth-order valence-corrected chi connectivity index (χ4v) is 9.94. The lowest BCUT2D eigenvalue weighted by molar-refractivity contribution is 0.103. The Kier molecular flexibility index (Phi) is 6.17. The largest absolute Gasteiger partial charge is 0.507 e. The second-order valence-electron chi connectivity index (χ2n) is 15.4. The third-order valence-electron chi connectivity index (χ3n) is 12.0. The number of carbonyl (C=O) groups excluding carboxylic acids is 1. The summed E-state index contributed by atoms with van der Waals surface area (Å²) >= 11 is -2.41. The van der Waals surface area contributed by atoms with Gasteiger partial charge in [-0.25, -0.2) is 4.21 Å². The summed E-state index contributed by atoms with van der Waals surface area (Å²) in [5.41, 5.74) is 10.5. The fourth-order valence-electron chi connectivity index (χ4n) is 9.41. The van der Waals surface area contributed by atoms with Crippen molar-refractivity contribution in [2.24, 2.45) is 0 Å². The maximum atomic E-state index is 13.9. The average Bonchev–Trinajstić information content (AvgIpc) is 3.50. The third kappa shape index (κ3) is 3.91. The Balaban J connectivity index is 1.18. The molecule has 0 fully saturated rings. The minimum absolute atomic E-state index is 0.0363. The molecule has 0 amide bonds. The Labute approximate surface area is 303 Å². The van der Waals surface area contributed by atoms with Gasteiger partial charge in [0.05, 0.1) is 12.7 Å². The number of fused-ring (bicyclic) bond motifs is 9. The van der Waals surface area contributed by atoms with Crippen LogP contribution in [0.25, 0.3) is 65.3 Å². The van der Waals surface area contributed by atoms with E-state index < -0.39 is 16.9 Å². The molecule has 2 N–H and O–H groups in total. The zero-order valence-corrected chi connectivity index (χ0v) is 30.2. The molecule has 8 aromatic rings. The van der Waals surface area contributed by atoms with Crippen LogP contribution in [0.3, 0.4) is 0 Å². The SMILES string of the molecule is COc1cc(O)c(C(=O)c2cc3ccc4cc5c(c6ccc(c2)c3c46)-c2cc3c(cc2C5(C)C)-c2c(ccc4ccccc24)C3(C)C)cc1S(=O)O. The van der Waals surface area contributed by atoms with Gasteiger partial charge in [0.1, 0.15) is 16.4 Å². The molecular formula is C46H34O5S. The average molecular weight is 699 g/mol. The topological polar surface area (TPSA) is 83.8 Å². The summed E-state index contributed by atoms with van der Waals surface area (Å²) in [6.45, 7) is 9.38. The van der Waals surface area contributed by atoms with Gasteiger partial charge in [0.2, 0.25) is 0 Å². The van der Waals surface area contributed by atoms with Crippen molar-refractivity contribution < 1.29 is 23.4 Å². The van der Waals surface area contributed by atoms with Gasteiger partial charge in [-0.3, -0.25) is 4.79 Å². The first-order valence-corrected chi connectivity index (χ1v) is 18.6. The van der Waals surface area contributed by atoms with Gasteiger partial charge in [-0.15, -0.1) is 0 Å². The molecule has 254 valence electrons. The summed E-state index contributed by atoms with van der Waals surface area (Å²) < 4.78 is 27.0. The normalized spacial score (nSPS) is 15.6. The van der Waals surface area contributed by atoms with Crippen LogP contribution in [0, 0.1) is 0 Å². The Morgan fingerprint density at radius 1 is 0.635 bits per heavy atom. The van der Waals surface area contributed by atoms with Gasteiger partial charge in [-0.2, -0.15) is 0 Å². The molecule has 0 radical (unpaired) electrons. The van der Waals surface area contributed by atoms with Crippen LogP contribution in [0.15, 0.2) is 108 Å². The summed E-state index contributed by atoms with van der Waals surface area (Å²) in [6, 6.07) is 35.2. The first kappa shape index (κ1) is 31.2. The molecule has 0 heterocycles. The van der Waals surface area contributed by atoms with Crippen LogP contribution in [-0.2, 0) is 21.9 Å². The number of phenolic OH excluding ortho intramolecular Hbond substituents is 1. The van der Waals surface area contributed by atoms with Crippen molar-refractivity contribution in [1.82, 2.24) is 0 Å². The number of phenols is 1. The summed E-state index contributed by atoms with van der Waals surface area (Å²) in [7, 11) is 1.34. The van der Waals surface area contributed by atoms with Gasteiger partial charge in [0.15, 0.2) is 16.9 Å². The van der Waals surface area contributed by atoms with Crippen LogP contribution >= 0.6 is 0 Å². The van der Waals surface area contributed by atoms with Crippen molar-refractivity contribution in [2.75, 3.05) is 7.11 Å². The lowest BCUT2D eigenvalue weighted by atomic mass is 9.79. The maximum Gasteiger partial charge on any atom is 0.196 e. The highest BCUT2D eigenvalue weighted by molar-refractivity contribution is 7.79. The highest BCUT2D eigenvalue weighted by Crippen LogP contribution is 2.59. The van der Waals surface area contributed by atoms with Crippen molar-refractivity contribution in [3.8, 4) is 33.8 Å². The molecule has 0 saturated heterocycles. The standard InChI is InChI=1S/C46H34O5S/c1-45(2)33-15-13-23-8-6-7-9-28(23)42(33)30-19-35-31(20-34(30)45)43-29-14-12-25-17-27(44(48)32-21-39(52(49)50)38(51-5)22-37(32)47)16-24-10-11-26(41(29)40(24)25)18-36(43)46(35,3)4/h6-22,47H,1-5H3,(H,49,50). The van der Waals surface area contributed by atoms with E-state index in [0.717, 1.165) is 26.9 Å². The number of ketones is 1. The summed E-state index contributed by atoms with van der Waals surface area (Å²) in [5, 5.41) is 19.7. The lowest BCUT2D eigenvalue weighted by Crippen LogP contribution is -2.17. The van der Waals surface area contributed by atoms with Crippen LogP contribution in [-0.4, -0.2) is 26.8 Å². The predicted molar refractivity (Wildman–Crippen MR) is 210 cm³/mol. The second-order valence-corrected chi connectivity index (χ2v) is 16.3. The van der Waals surface area contributed by atoms with Crippen molar-refractivity contribution in [3.63, 3.8) is 0 Å². The van der Waals surface area contributed by atoms with Gasteiger partial charge in [0, 0.05) is 22.5 Å². The van der Waals surface area contributed by atoms with Crippen LogP contribution in [0.1, 0.15) is 65.9 Å². The number of aromatic hydroxyl groups is 1. The van der Waals surface area contributed by atoms with Gasteiger partial charge in [-0.1, -0.05) is 88.4 Å². The van der Waals surface area contributed by atoms with E-state index >= 15 is 0 Å². The molecule has 0 spiro atoms. The van der Waals surface area contributed by atoms with Gasteiger partial charge < -0.3 is 14.4 Å². The van der Waals surface area contributed by atoms with Crippen LogP contribution in [0.4, 0.5) is 0 Å². The molecule has 5 nitrogen and oxygen atoms in total. The molecule has 10 rings (SSSR count).